The summed E-state index contributed by atoms with van der Waals surface area (Å²) in [5.74, 6) is -2.22. The quantitative estimate of drug-likeness (QED) is 0.0416. The van der Waals surface area contributed by atoms with Crippen LogP contribution in [0.3, 0.4) is 0 Å². The Morgan fingerprint density at radius 1 is 0.595 bits per heavy atom. The Morgan fingerprint density at radius 3 is 1.36 bits per heavy atom. The summed E-state index contributed by atoms with van der Waals surface area (Å²) in [5.41, 5.74) is 0.328. The maximum absolute atomic E-state index is 11.6. The summed E-state index contributed by atoms with van der Waals surface area (Å²) in [7, 11) is 0. The van der Waals surface area contributed by atoms with Crippen molar-refractivity contribution in [3.63, 3.8) is 0 Å². The molecule has 0 rings (SSSR count). The Kier molecular flexibility index (Phi) is 19.7. The first kappa shape index (κ1) is 39.3. The van der Waals surface area contributed by atoms with Crippen molar-refractivity contribution in [2.24, 2.45) is 0 Å². The molecule has 7 atom stereocenters. The maximum atomic E-state index is 11.6. The average Bonchev–Trinajstić information content (AvgIpc) is 2.94. The molecular formula is C27H44O15. The van der Waals surface area contributed by atoms with Crippen LogP contribution in [-0.2, 0) is 42.8 Å². The lowest BCUT2D eigenvalue weighted by atomic mass is 10.0. The number of aliphatic hydroxyl groups is 6. The van der Waals surface area contributed by atoms with Crippen LogP contribution in [0, 0.1) is 0 Å². The van der Waals surface area contributed by atoms with Crippen molar-refractivity contribution in [3.8, 4) is 0 Å². The number of hydrogen-bond donors (Lipinski definition) is 6. The fourth-order valence-electron chi connectivity index (χ4n) is 2.80. The van der Waals surface area contributed by atoms with Gasteiger partial charge in [-0.15, -0.1) is 0 Å². The lowest BCUT2D eigenvalue weighted by Gasteiger charge is -2.33. The van der Waals surface area contributed by atoms with Gasteiger partial charge in [0.2, 0.25) is 0 Å². The van der Waals surface area contributed by atoms with E-state index in [2.05, 4.69) is 19.7 Å². The summed E-state index contributed by atoms with van der Waals surface area (Å²) in [5, 5.41) is 61.0. The maximum Gasteiger partial charge on any atom is 0.333 e. The van der Waals surface area contributed by atoms with Crippen molar-refractivity contribution in [1.82, 2.24) is 0 Å². The smallest absolute Gasteiger partial charge is 0.333 e. The molecule has 0 aromatic rings. The second-order valence-corrected chi connectivity index (χ2v) is 9.55. The summed E-state index contributed by atoms with van der Waals surface area (Å²) in [6.45, 7) is 10.3. The van der Waals surface area contributed by atoms with E-state index in [1.807, 2.05) is 0 Å². The zero-order valence-electron chi connectivity index (χ0n) is 24.2. The van der Waals surface area contributed by atoms with Gasteiger partial charge in [-0.05, 0) is 20.8 Å². The van der Waals surface area contributed by atoms with E-state index in [1.165, 1.54) is 20.8 Å². The summed E-state index contributed by atoms with van der Waals surface area (Å²) in [6, 6.07) is 0. The molecule has 15 nitrogen and oxygen atoms in total. The van der Waals surface area contributed by atoms with Gasteiger partial charge >= 0.3 is 17.9 Å². The molecule has 42 heavy (non-hydrogen) atoms. The fraction of sp³-hybridized carbons (Fsp3) is 0.667. The number of aliphatic hydroxyl groups excluding tert-OH is 6. The Morgan fingerprint density at radius 2 is 0.976 bits per heavy atom. The van der Waals surface area contributed by atoms with E-state index in [1.54, 1.807) is 0 Å². The highest BCUT2D eigenvalue weighted by Gasteiger charge is 2.35. The molecule has 0 bridgehead atoms. The van der Waals surface area contributed by atoms with Gasteiger partial charge < -0.3 is 59.1 Å². The van der Waals surface area contributed by atoms with Gasteiger partial charge in [0, 0.05) is 16.7 Å². The predicted molar refractivity (Wildman–Crippen MR) is 145 cm³/mol. The third kappa shape index (κ3) is 16.6. The highest BCUT2D eigenvalue weighted by atomic mass is 16.6. The molecule has 0 fully saturated rings. The van der Waals surface area contributed by atoms with Crippen LogP contribution in [0.25, 0.3) is 0 Å². The fourth-order valence-corrected chi connectivity index (χ4v) is 2.80. The van der Waals surface area contributed by atoms with Crippen LogP contribution in [-0.4, -0.2) is 144 Å². The molecule has 7 unspecified atom stereocenters. The zero-order valence-corrected chi connectivity index (χ0v) is 24.2. The molecule has 242 valence electrons. The van der Waals surface area contributed by atoms with E-state index >= 15 is 0 Å². The average molecular weight is 609 g/mol. The molecular weight excluding hydrogens is 564 g/mol. The summed E-state index contributed by atoms with van der Waals surface area (Å²) < 4.78 is 30.8. The second-order valence-electron chi connectivity index (χ2n) is 9.55. The summed E-state index contributed by atoms with van der Waals surface area (Å²) >= 11 is 0. The summed E-state index contributed by atoms with van der Waals surface area (Å²) in [6.07, 6.45) is -10.4. The van der Waals surface area contributed by atoms with Crippen molar-refractivity contribution in [2.45, 2.75) is 63.5 Å². The topological polar surface area (TPSA) is 228 Å². The van der Waals surface area contributed by atoms with Crippen LogP contribution in [0.15, 0.2) is 36.5 Å². The molecule has 0 aliphatic rings. The minimum atomic E-state index is -1.76. The number of ether oxygens (including phenoxy) is 6. The molecule has 0 saturated carbocycles. The SMILES string of the molecule is C=C(C)C(=O)OCC(O)COCC(OCC(O)COC(=O)C(=C)C)C(O)C(OCC(O)COC(=O)C(=C)C)C(O)CO. The first-order valence-electron chi connectivity index (χ1n) is 12.9. The number of carbonyl (C=O) groups is 3. The predicted octanol–water partition coefficient (Wildman–Crippen LogP) is -2.07. The van der Waals surface area contributed by atoms with Crippen LogP contribution in [0.2, 0.25) is 0 Å². The highest BCUT2D eigenvalue weighted by molar-refractivity contribution is 5.87. The van der Waals surface area contributed by atoms with Crippen molar-refractivity contribution >= 4 is 17.9 Å². The van der Waals surface area contributed by atoms with Crippen molar-refractivity contribution in [2.75, 3.05) is 52.9 Å². The third-order valence-electron chi connectivity index (χ3n) is 5.13. The molecule has 0 aromatic heterocycles. The van der Waals surface area contributed by atoms with Crippen molar-refractivity contribution in [3.05, 3.63) is 36.5 Å². The Hall–Kier alpha value is -2.73. The molecule has 0 amide bonds. The molecule has 0 saturated heterocycles. The number of esters is 3. The molecule has 6 N–H and O–H groups in total. The van der Waals surface area contributed by atoms with Crippen LogP contribution in [0.1, 0.15) is 20.8 Å². The largest absolute Gasteiger partial charge is 0.460 e. The molecule has 0 aliphatic heterocycles. The second kappa shape index (κ2) is 21.0. The molecule has 0 aromatic carbocycles. The van der Waals surface area contributed by atoms with Gasteiger partial charge in [-0.1, -0.05) is 19.7 Å². The van der Waals surface area contributed by atoms with Gasteiger partial charge in [-0.2, -0.15) is 0 Å². The van der Waals surface area contributed by atoms with Gasteiger partial charge in [-0.3, -0.25) is 0 Å². The molecule has 15 heteroatoms. The molecule has 0 spiro atoms. The lowest BCUT2D eigenvalue weighted by molar-refractivity contribution is -0.185. The van der Waals surface area contributed by atoms with E-state index in [0.29, 0.717) is 0 Å². The van der Waals surface area contributed by atoms with E-state index < -0.39 is 113 Å². The van der Waals surface area contributed by atoms with Gasteiger partial charge in [0.15, 0.2) is 0 Å². The first-order chi connectivity index (χ1) is 19.6. The van der Waals surface area contributed by atoms with E-state index in [0.717, 1.165) is 0 Å². The van der Waals surface area contributed by atoms with Crippen molar-refractivity contribution < 1.29 is 73.4 Å². The number of carbonyl (C=O) groups excluding carboxylic acids is 3. The van der Waals surface area contributed by atoms with E-state index in [4.69, 9.17) is 28.4 Å². The summed E-state index contributed by atoms with van der Waals surface area (Å²) in [4.78, 5) is 34.6. The molecule has 0 radical (unpaired) electrons. The van der Waals surface area contributed by atoms with Crippen LogP contribution in [0.5, 0.6) is 0 Å². The molecule has 0 heterocycles. The van der Waals surface area contributed by atoms with E-state index in [9.17, 15) is 45.0 Å². The normalized spacial score (nSPS) is 16.2. The lowest BCUT2D eigenvalue weighted by Crippen LogP contribution is -2.51. The van der Waals surface area contributed by atoms with Crippen LogP contribution in [0.4, 0.5) is 0 Å². The van der Waals surface area contributed by atoms with E-state index in [-0.39, 0.29) is 16.7 Å². The Bertz CT molecular complexity index is 889. The van der Waals surface area contributed by atoms with Crippen molar-refractivity contribution in [1.29, 1.82) is 0 Å². The first-order valence-corrected chi connectivity index (χ1v) is 12.9. The highest BCUT2D eigenvalue weighted by Crippen LogP contribution is 2.15. The van der Waals surface area contributed by atoms with Gasteiger partial charge in [0.1, 0.15) is 62.5 Å². The Labute approximate surface area is 244 Å². The third-order valence-corrected chi connectivity index (χ3v) is 5.13. The minimum Gasteiger partial charge on any atom is -0.460 e. The standard InChI is InChI=1S/C27H44O15/c1-15(2)25(34)40-11-18(29)8-37-14-22(38-9-19(30)12-41-26(35)16(3)4)23(33)24(21(32)7-28)39-10-20(31)13-42-27(36)17(5)6/h18-24,28-33H,1,3,5,7-14H2,2,4,6H3. The number of hydrogen-bond acceptors (Lipinski definition) is 15. The van der Waals surface area contributed by atoms with Gasteiger partial charge in [0.25, 0.3) is 0 Å². The van der Waals surface area contributed by atoms with Crippen LogP contribution >= 0.6 is 0 Å². The zero-order chi connectivity index (χ0) is 32.4. The molecule has 0 aliphatic carbocycles. The number of rotatable bonds is 23. The van der Waals surface area contributed by atoms with Gasteiger partial charge in [0.05, 0.1) is 33.0 Å². The van der Waals surface area contributed by atoms with Crippen LogP contribution < -0.4 is 0 Å². The monoisotopic (exact) mass is 608 g/mol. The Balaban J connectivity index is 5.40. The van der Waals surface area contributed by atoms with Gasteiger partial charge in [-0.25, -0.2) is 14.4 Å². The minimum absolute atomic E-state index is 0.0998.